The minimum atomic E-state index is -0.200. The van der Waals surface area contributed by atoms with E-state index in [4.69, 9.17) is 5.73 Å². The van der Waals surface area contributed by atoms with Gasteiger partial charge in [0.2, 0.25) is 11.8 Å². The molecule has 2 amide bonds. The molecule has 0 saturated carbocycles. The Labute approximate surface area is 78.3 Å². The molecule has 0 aliphatic heterocycles. The molecule has 5 heteroatoms. The number of carbonyl (C=O) groups excluding carboxylic acids is 2. The first-order valence-corrected chi connectivity index (χ1v) is 4.40. The SMILES string of the molecule is CCNC(=O)CN(CC)C(=O)CN. The molecule has 5 nitrogen and oxygen atoms in total. The van der Waals surface area contributed by atoms with E-state index < -0.39 is 0 Å². The molecule has 0 aromatic rings. The molecule has 0 fully saturated rings. The number of hydrogen-bond acceptors (Lipinski definition) is 3. The second-order valence-corrected chi connectivity index (χ2v) is 2.57. The molecule has 76 valence electrons. The van der Waals surface area contributed by atoms with Crippen LogP contribution in [0.1, 0.15) is 13.8 Å². The van der Waals surface area contributed by atoms with E-state index >= 15 is 0 Å². The van der Waals surface area contributed by atoms with Crippen molar-refractivity contribution in [3.05, 3.63) is 0 Å². The Kier molecular flexibility index (Phi) is 5.88. The lowest BCUT2D eigenvalue weighted by molar-refractivity contribution is -0.134. The van der Waals surface area contributed by atoms with Gasteiger partial charge in [0.25, 0.3) is 0 Å². The lowest BCUT2D eigenvalue weighted by atomic mass is 10.4. The zero-order valence-electron chi connectivity index (χ0n) is 8.17. The van der Waals surface area contributed by atoms with E-state index in [-0.39, 0.29) is 24.9 Å². The Morgan fingerprint density at radius 3 is 2.38 bits per heavy atom. The number of hydrogen-bond donors (Lipinski definition) is 2. The Balaban J connectivity index is 3.97. The molecule has 0 spiro atoms. The normalized spacial score (nSPS) is 9.46. The van der Waals surface area contributed by atoms with Crippen LogP contribution in [-0.2, 0) is 9.59 Å². The summed E-state index contributed by atoms with van der Waals surface area (Å²) >= 11 is 0. The number of amides is 2. The summed E-state index contributed by atoms with van der Waals surface area (Å²) in [7, 11) is 0. The topological polar surface area (TPSA) is 75.4 Å². The monoisotopic (exact) mass is 187 g/mol. The van der Waals surface area contributed by atoms with Crippen LogP contribution in [0, 0.1) is 0 Å². The fourth-order valence-corrected chi connectivity index (χ4v) is 0.932. The van der Waals surface area contributed by atoms with Gasteiger partial charge in [0, 0.05) is 13.1 Å². The molecular formula is C8H17N3O2. The predicted octanol–water partition coefficient (Wildman–Crippen LogP) is -1.07. The Bertz CT molecular complexity index is 182. The summed E-state index contributed by atoms with van der Waals surface area (Å²) in [5.41, 5.74) is 5.18. The molecule has 0 aromatic carbocycles. The van der Waals surface area contributed by atoms with Crippen LogP contribution in [0.3, 0.4) is 0 Å². The van der Waals surface area contributed by atoms with Crippen molar-refractivity contribution in [2.24, 2.45) is 5.73 Å². The fraction of sp³-hybridized carbons (Fsp3) is 0.750. The summed E-state index contributed by atoms with van der Waals surface area (Å²) in [4.78, 5) is 23.6. The maximum absolute atomic E-state index is 11.1. The number of likely N-dealkylation sites (N-methyl/N-ethyl adjacent to an activating group) is 2. The first-order chi connectivity index (χ1) is 6.15. The van der Waals surface area contributed by atoms with Crippen molar-refractivity contribution in [3.8, 4) is 0 Å². The summed E-state index contributed by atoms with van der Waals surface area (Å²) in [5, 5.41) is 2.62. The summed E-state index contributed by atoms with van der Waals surface area (Å²) in [6.07, 6.45) is 0. The van der Waals surface area contributed by atoms with Crippen molar-refractivity contribution in [2.45, 2.75) is 13.8 Å². The standard InChI is InChI=1S/C8H17N3O2/c1-3-10-7(12)6-11(4-2)8(13)5-9/h3-6,9H2,1-2H3,(H,10,12). The van der Waals surface area contributed by atoms with E-state index in [1.165, 1.54) is 4.90 Å². The smallest absolute Gasteiger partial charge is 0.239 e. The number of nitrogens with two attached hydrogens (primary N) is 1. The minimum absolute atomic E-state index is 0.0484. The molecule has 0 bridgehead atoms. The molecule has 0 aliphatic carbocycles. The second kappa shape index (κ2) is 6.42. The number of carbonyl (C=O) groups is 2. The highest BCUT2D eigenvalue weighted by atomic mass is 16.2. The third-order valence-corrected chi connectivity index (χ3v) is 1.62. The summed E-state index contributed by atoms with van der Waals surface area (Å²) in [6.45, 7) is 4.78. The average Bonchev–Trinajstić information content (AvgIpc) is 2.13. The predicted molar refractivity (Wildman–Crippen MR) is 50.0 cm³/mol. The first-order valence-electron chi connectivity index (χ1n) is 4.40. The van der Waals surface area contributed by atoms with Gasteiger partial charge in [-0.05, 0) is 13.8 Å². The first kappa shape index (κ1) is 11.9. The van der Waals surface area contributed by atoms with Gasteiger partial charge in [-0.3, -0.25) is 9.59 Å². The molecular weight excluding hydrogens is 170 g/mol. The molecule has 3 N–H and O–H groups in total. The van der Waals surface area contributed by atoms with Gasteiger partial charge in [-0.25, -0.2) is 0 Å². The molecule has 13 heavy (non-hydrogen) atoms. The quantitative estimate of drug-likeness (QED) is 0.575. The molecule has 0 aromatic heterocycles. The number of nitrogens with zero attached hydrogens (tertiary/aromatic N) is 1. The molecule has 0 atom stereocenters. The van der Waals surface area contributed by atoms with Crippen molar-refractivity contribution in [2.75, 3.05) is 26.2 Å². The van der Waals surface area contributed by atoms with Gasteiger partial charge in [0.1, 0.15) is 0 Å². The highest BCUT2D eigenvalue weighted by Crippen LogP contribution is 1.87. The van der Waals surface area contributed by atoms with Crippen LogP contribution in [0.25, 0.3) is 0 Å². The van der Waals surface area contributed by atoms with Crippen molar-refractivity contribution in [1.82, 2.24) is 10.2 Å². The van der Waals surface area contributed by atoms with Crippen LogP contribution in [-0.4, -0.2) is 42.9 Å². The summed E-state index contributed by atoms with van der Waals surface area (Å²) < 4.78 is 0. The van der Waals surface area contributed by atoms with Gasteiger partial charge in [-0.1, -0.05) is 0 Å². The van der Waals surface area contributed by atoms with Crippen LogP contribution >= 0.6 is 0 Å². The van der Waals surface area contributed by atoms with Crippen molar-refractivity contribution < 1.29 is 9.59 Å². The highest BCUT2D eigenvalue weighted by Gasteiger charge is 2.12. The zero-order valence-corrected chi connectivity index (χ0v) is 8.17. The van der Waals surface area contributed by atoms with Crippen LogP contribution < -0.4 is 11.1 Å². The lowest BCUT2D eigenvalue weighted by Gasteiger charge is -2.18. The third kappa shape index (κ3) is 4.47. The fourth-order valence-electron chi connectivity index (χ4n) is 0.932. The highest BCUT2D eigenvalue weighted by molar-refractivity contribution is 5.85. The molecule has 0 heterocycles. The Hall–Kier alpha value is -1.10. The molecule has 0 rings (SSSR count). The van der Waals surface area contributed by atoms with Crippen LogP contribution in [0.15, 0.2) is 0 Å². The van der Waals surface area contributed by atoms with Gasteiger partial charge in [0.05, 0.1) is 13.1 Å². The van der Waals surface area contributed by atoms with Crippen LogP contribution in [0.4, 0.5) is 0 Å². The molecule has 0 saturated heterocycles. The summed E-state index contributed by atoms with van der Waals surface area (Å²) in [5.74, 6) is -0.347. The van der Waals surface area contributed by atoms with E-state index in [1.807, 2.05) is 13.8 Å². The van der Waals surface area contributed by atoms with Gasteiger partial charge in [-0.2, -0.15) is 0 Å². The van der Waals surface area contributed by atoms with Crippen molar-refractivity contribution in [3.63, 3.8) is 0 Å². The van der Waals surface area contributed by atoms with Gasteiger partial charge in [0.15, 0.2) is 0 Å². The van der Waals surface area contributed by atoms with Gasteiger partial charge in [-0.15, -0.1) is 0 Å². The maximum atomic E-state index is 11.1. The van der Waals surface area contributed by atoms with Gasteiger partial charge >= 0.3 is 0 Å². The number of nitrogens with one attached hydrogen (secondary N) is 1. The van der Waals surface area contributed by atoms with E-state index in [2.05, 4.69) is 5.32 Å². The Morgan fingerprint density at radius 1 is 1.38 bits per heavy atom. The molecule has 0 aliphatic rings. The molecule has 0 radical (unpaired) electrons. The number of rotatable bonds is 5. The third-order valence-electron chi connectivity index (χ3n) is 1.62. The largest absolute Gasteiger partial charge is 0.355 e. The van der Waals surface area contributed by atoms with E-state index in [9.17, 15) is 9.59 Å². The van der Waals surface area contributed by atoms with Crippen molar-refractivity contribution in [1.29, 1.82) is 0 Å². The van der Waals surface area contributed by atoms with E-state index in [0.717, 1.165) is 0 Å². The van der Waals surface area contributed by atoms with Gasteiger partial charge < -0.3 is 16.0 Å². The minimum Gasteiger partial charge on any atom is -0.355 e. The maximum Gasteiger partial charge on any atom is 0.239 e. The van der Waals surface area contributed by atoms with Crippen molar-refractivity contribution >= 4 is 11.8 Å². The summed E-state index contributed by atoms with van der Waals surface area (Å²) in [6, 6.07) is 0. The Morgan fingerprint density at radius 2 is 2.00 bits per heavy atom. The van der Waals surface area contributed by atoms with Crippen LogP contribution in [0.2, 0.25) is 0 Å². The van der Waals surface area contributed by atoms with Crippen LogP contribution in [0.5, 0.6) is 0 Å². The molecule has 0 unspecified atom stereocenters. The average molecular weight is 187 g/mol. The second-order valence-electron chi connectivity index (χ2n) is 2.57. The van der Waals surface area contributed by atoms with E-state index in [0.29, 0.717) is 13.1 Å². The zero-order chi connectivity index (χ0) is 10.3. The van der Waals surface area contributed by atoms with E-state index in [1.54, 1.807) is 0 Å². The lowest BCUT2D eigenvalue weighted by Crippen LogP contribution is -2.43.